The third-order valence-corrected chi connectivity index (χ3v) is 4.49. The average molecular weight is 279 g/mol. The van der Waals surface area contributed by atoms with Crippen LogP contribution in [0.25, 0.3) is 0 Å². The van der Waals surface area contributed by atoms with Crippen LogP contribution in [-0.4, -0.2) is 51.5 Å². The highest BCUT2D eigenvalue weighted by molar-refractivity contribution is 5.92. The van der Waals surface area contributed by atoms with Gasteiger partial charge < -0.3 is 10.2 Å². The Kier molecular flexibility index (Phi) is 4.42. The average Bonchev–Trinajstić information content (AvgIpc) is 2.96. The van der Waals surface area contributed by atoms with Crippen molar-refractivity contribution in [3.8, 4) is 0 Å². The Morgan fingerprint density at radius 3 is 2.75 bits per heavy atom. The Hall–Kier alpha value is -1.43. The van der Waals surface area contributed by atoms with Gasteiger partial charge in [-0.1, -0.05) is 12.1 Å². The van der Waals surface area contributed by atoms with E-state index in [-0.39, 0.29) is 11.4 Å². The minimum atomic E-state index is -0.171. The monoisotopic (exact) mass is 279 g/mol. The van der Waals surface area contributed by atoms with Crippen LogP contribution >= 0.6 is 0 Å². The Labute approximate surface area is 120 Å². The lowest BCUT2D eigenvalue weighted by atomic mass is 10.00. The zero-order valence-electron chi connectivity index (χ0n) is 12.9. The largest absolute Gasteiger partial charge is 0.335 e. The van der Waals surface area contributed by atoms with Gasteiger partial charge in [0.15, 0.2) is 5.69 Å². The summed E-state index contributed by atoms with van der Waals surface area (Å²) in [6.07, 6.45) is 4.76. The number of aromatic nitrogens is 3. The van der Waals surface area contributed by atoms with Gasteiger partial charge in [0.05, 0.1) is 12.2 Å². The van der Waals surface area contributed by atoms with Crippen LogP contribution < -0.4 is 5.32 Å². The van der Waals surface area contributed by atoms with Gasteiger partial charge in [-0.25, -0.2) is 4.68 Å². The van der Waals surface area contributed by atoms with Crippen LogP contribution in [0.1, 0.15) is 56.6 Å². The first-order valence-electron chi connectivity index (χ1n) is 7.36. The van der Waals surface area contributed by atoms with E-state index in [9.17, 15) is 4.79 Å². The first kappa shape index (κ1) is 15.0. The molecule has 1 fully saturated rings. The number of piperidine rings is 1. The van der Waals surface area contributed by atoms with E-state index in [1.807, 2.05) is 11.7 Å². The van der Waals surface area contributed by atoms with Crippen LogP contribution in [0.5, 0.6) is 0 Å². The fourth-order valence-electron chi connectivity index (χ4n) is 2.31. The van der Waals surface area contributed by atoms with Gasteiger partial charge in [-0.3, -0.25) is 4.79 Å². The van der Waals surface area contributed by atoms with E-state index in [4.69, 9.17) is 0 Å². The zero-order chi connectivity index (χ0) is 14.8. The van der Waals surface area contributed by atoms with E-state index >= 15 is 0 Å². The molecule has 1 amide bonds. The van der Waals surface area contributed by atoms with Gasteiger partial charge in [0.1, 0.15) is 0 Å². The number of rotatable bonds is 4. The third kappa shape index (κ3) is 3.00. The van der Waals surface area contributed by atoms with Crippen LogP contribution in [0.2, 0.25) is 0 Å². The predicted molar refractivity (Wildman–Crippen MR) is 77.6 cm³/mol. The van der Waals surface area contributed by atoms with Crippen molar-refractivity contribution in [3.05, 3.63) is 11.9 Å². The molecule has 1 aliphatic rings. The van der Waals surface area contributed by atoms with E-state index < -0.39 is 0 Å². The molecule has 1 saturated heterocycles. The lowest BCUT2D eigenvalue weighted by molar-refractivity contribution is 0.0614. The van der Waals surface area contributed by atoms with Crippen molar-refractivity contribution in [2.24, 2.45) is 0 Å². The van der Waals surface area contributed by atoms with Gasteiger partial charge >= 0.3 is 0 Å². The molecule has 0 aliphatic carbocycles. The van der Waals surface area contributed by atoms with Gasteiger partial charge in [-0.05, 0) is 46.2 Å². The topological polar surface area (TPSA) is 63.1 Å². The summed E-state index contributed by atoms with van der Waals surface area (Å²) >= 11 is 0. The number of nitrogens with zero attached hydrogens (tertiary/aromatic N) is 4. The molecular weight excluding hydrogens is 254 g/mol. The number of hydrogen-bond acceptors (Lipinski definition) is 4. The minimum absolute atomic E-state index is 0.0583. The number of amides is 1. The molecular formula is C14H25N5O. The smallest absolute Gasteiger partial charge is 0.276 e. The summed E-state index contributed by atoms with van der Waals surface area (Å²) in [5.74, 6) is -0.0583. The highest BCUT2D eigenvalue weighted by Crippen LogP contribution is 2.20. The number of carbonyl (C=O) groups is 1. The van der Waals surface area contributed by atoms with Crippen LogP contribution in [0.3, 0.4) is 0 Å². The van der Waals surface area contributed by atoms with Crippen LogP contribution in [0.4, 0.5) is 0 Å². The molecule has 0 saturated carbocycles. The molecule has 6 nitrogen and oxygen atoms in total. The van der Waals surface area contributed by atoms with E-state index in [1.165, 1.54) is 0 Å². The summed E-state index contributed by atoms with van der Waals surface area (Å²) in [5, 5.41) is 11.5. The first-order valence-corrected chi connectivity index (χ1v) is 7.36. The fraction of sp³-hybridized carbons (Fsp3) is 0.786. The Morgan fingerprint density at radius 1 is 1.50 bits per heavy atom. The molecule has 20 heavy (non-hydrogen) atoms. The Balaban J connectivity index is 2.10. The molecule has 1 N–H and O–H groups in total. The van der Waals surface area contributed by atoms with Gasteiger partial charge in [0.2, 0.25) is 0 Å². The molecule has 0 atom stereocenters. The number of carbonyl (C=O) groups excluding carboxylic acids is 1. The summed E-state index contributed by atoms with van der Waals surface area (Å²) in [6, 6.07) is 0.356. The van der Waals surface area contributed by atoms with Crippen LogP contribution in [0, 0.1) is 0 Å². The molecule has 0 unspecified atom stereocenters. The third-order valence-electron chi connectivity index (χ3n) is 4.49. The molecule has 1 aromatic heterocycles. The maximum atomic E-state index is 12.4. The van der Waals surface area contributed by atoms with Crippen molar-refractivity contribution >= 4 is 5.91 Å². The van der Waals surface area contributed by atoms with E-state index in [2.05, 4.69) is 36.4 Å². The second-order valence-electron chi connectivity index (χ2n) is 6.10. The van der Waals surface area contributed by atoms with E-state index in [0.29, 0.717) is 11.7 Å². The van der Waals surface area contributed by atoms with Gasteiger partial charge in [-0.15, -0.1) is 5.10 Å². The lowest BCUT2D eigenvalue weighted by Gasteiger charge is -2.34. The second-order valence-corrected chi connectivity index (χ2v) is 6.10. The summed E-state index contributed by atoms with van der Waals surface area (Å²) in [4.78, 5) is 14.2. The van der Waals surface area contributed by atoms with Crippen molar-refractivity contribution in [1.82, 2.24) is 25.2 Å². The first-order chi connectivity index (χ1) is 9.45. The quantitative estimate of drug-likeness (QED) is 0.906. The SMILES string of the molecule is CCC(C)(C)N(C)C(=O)c1cn(C2CCNCC2)nn1. The van der Waals surface area contributed by atoms with Crippen molar-refractivity contribution in [1.29, 1.82) is 0 Å². The summed E-state index contributed by atoms with van der Waals surface area (Å²) in [7, 11) is 1.83. The molecule has 1 aliphatic heterocycles. The predicted octanol–water partition coefficient (Wildman–Crippen LogP) is 1.46. The lowest BCUT2D eigenvalue weighted by Crippen LogP contribution is -2.44. The standard InChI is InChI=1S/C14H25N5O/c1-5-14(2,3)18(4)13(20)12-10-19(17-16-12)11-6-8-15-9-7-11/h10-11,15H,5-9H2,1-4H3. The summed E-state index contributed by atoms with van der Waals surface area (Å²) in [6.45, 7) is 8.19. The Bertz CT molecular complexity index is 462. The summed E-state index contributed by atoms with van der Waals surface area (Å²) < 4.78 is 1.85. The maximum Gasteiger partial charge on any atom is 0.276 e. The molecule has 0 bridgehead atoms. The van der Waals surface area contributed by atoms with Gasteiger partial charge in [0.25, 0.3) is 5.91 Å². The summed E-state index contributed by atoms with van der Waals surface area (Å²) in [5.41, 5.74) is 0.267. The Morgan fingerprint density at radius 2 is 2.15 bits per heavy atom. The molecule has 0 radical (unpaired) electrons. The van der Waals surface area contributed by atoms with E-state index in [1.54, 1.807) is 11.1 Å². The van der Waals surface area contributed by atoms with Crippen molar-refractivity contribution in [2.75, 3.05) is 20.1 Å². The maximum absolute atomic E-state index is 12.4. The second kappa shape index (κ2) is 5.91. The van der Waals surface area contributed by atoms with Crippen molar-refractivity contribution < 1.29 is 4.79 Å². The molecule has 112 valence electrons. The van der Waals surface area contributed by atoms with Gasteiger partial charge in [0, 0.05) is 12.6 Å². The highest BCUT2D eigenvalue weighted by Gasteiger charge is 2.28. The molecule has 0 aromatic carbocycles. The molecule has 2 rings (SSSR count). The normalized spacial score (nSPS) is 17.2. The molecule has 0 spiro atoms. The number of hydrogen-bond donors (Lipinski definition) is 1. The number of nitrogens with one attached hydrogen (secondary N) is 1. The molecule has 1 aromatic rings. The van der Waals surface area contributed by atoms with Crippen molar-refractivity contribution in [2.45, 2.75) is 51.6 Å². The fourth-order valence-corrected chi connectivity index (χ4v) is 2.31. The van der Waals surface area contributed by atoms with Gasteiger partial charge in [-0.2, -0.15) is 0 Å². The molecule has 6 heteroatoms. The van der Waals surface area contributed by atoms with Crippen molar-refractivity contribution in [3.63, 3.8) is 0 Å². The zero-order valence-corrected chi connectivity index (χ0v) is 12.9. The molecule has 2 heterocycles. The van der Waals surface area contributed by atoms with Crippen LogP contribution in [0.15, 0.2) is 6.20 Å². The van der Waals surface area contributed by atoms with E-state index in [0.717, 1.165) is 32.4 Å². The van der Waals surface area contributed by atoms with Crippen LogP contribution in [-0.2, 0) is 0 Å². The highest BCUT2D eigenvalue weighted by atomic mass is 16.2. The minimum Gasteiger partial charge on any atom is -0.335 e.